The molecule has 3 nitrogen and oxygen atoms in total. The molecule has 0 aliphatic rings. The number of carbonyl (C=O) groups is 1. The van der Waals surface area contributed by atoms with Gasteiger partial charge in [0, 0.05) is 0 Å². The number of hydrogen-bond acceptors (Lipinski definition) is 2. The van der Waals surface area contributed by atoms with Gasteiger partial charge in [-0.15, -0.1) is 0 Å². The highest BCUT2D eigenvalue weighted by Crippen LogP contribution is 1.73. The van der Waals surface area contributed by atoms with Crippen LogP contribution in [0, 0.1) is 0 Å². The molecule has 0 spiro atoms. The van der Waals surface area contributed by atoms with E-state index in [0.29, 0.717) is 13.2 Å². The lowest BCUT2D eigenvalue weighted by molar-refractivity contribution is -0.642. The van der Waals surface area contributed by atoms with Gasteiger partial charge in [-0.25, -0.2) is 4.79 Å². The summed E-state index contributed by atoms with van der Waals surface area (Å²) < 4.78 is 4.70. The summed E-state index contributed by atoms with van der Waals surface area (Å²) in [6, 6.07) is 0. The molecule has 0 aromatic carbocycles. The maximum Gasteiger partial charge on any atom is 0.361 e. The predicted molar refractivity (Wildman–Crippen MR) is 38.5 cm³/mol. The van der Waals surface area contributed by atoms with Crippen LogP contribution >= 0.6 is 0 Å². The zero-order valence-corrected chi connectivity index (χ0v) is 6.30. The van der Waals surface area contributed by atoms with Crippen molar-refractivity contribution in [3.63, 3.8) is 0 Å². The molecule has 0 radical (unpaired) electrons. The first kappa shape index (κ1) is 9.17. The minimum atomic E-state index is -0.179. The summed E-state index contributed by atoms with van der Waals surface area (Å²) in [5.74, 6) is -0.179. The van der Waals surface area contributed by atoms with Crippen molar-refractivity contribution in [2.75, 3.05) is 19.7 Å². The molecule has 0 fully saturated rings. The molecule has 0 aliphatic carbocycles. The predicted octanol–water partition coefficient (Wildman–Crippen LogP) is -0.701. The van der Waals surface area contributed by atoms with Gasteiger partial charge in [0.1, 0.15) is 6.61 Å². The number of likely N-dealkylation sites (N-methyl/N-ethyl adjacent to an activating group) is 1. The van der Waals surface area contributed by atoms with Crippen LogP contribution in [0.5, 0.6) is 0 Å². The Hall–Kier alpha value is -0.830. The average Bonchev–Trinajstić information content (AvgIpc) is 1.97. The summed E-state index contributed by atoms with van der Waals surface area (Å²) in [5, 5.41) is 1.88. The molecule has 0 atom stereocenters. The summed E-state index contributed by atoms with van der Waals surface area (Å²) in [6.45, 7) is 7.04. The summed E-state index contributed by atoms with van der Waals surface area (Å²) in [4.78, 5) is 10.7. The fourth-order valence-corrected chi connectivity index (χ4v) is 0.473. The Labute approximate surface area is 61.1 Å². The van der Waals surface area contributed by atoms with Crippen LogP contribution in [0.1, 0.15) is 6.92 Å². The van der Waals surface area contributed by atoms with Crippen molar-refractivity contribution >= 4 is 5.97 Å². The smallest absolute Gasteiger partial charge is 0.361 e. The van der Waals surface area contributed by atoms with E-state index in [4.69, 9.17) is 4.74 Å². The van der Waals surface area contributed by atoms with Gasteiger partial charge in [-0.2, -0.15) is 0 Å². The third-order valence-corrected chi connectivity index (χ3v) is 0.962. The molecule has 0 rings (SSSR count). The summed E-state index contributed by atoms with van der Waals surface area (Å²) in [5.41, 5.74) is 0. The van der Waals surface area contributed by atoms with E-state index < -0.39 is 0 Å². The topological polar surface area (TPSA) is 42.9 Å². The average molecular weight is 144 g/mol. The Bertz CT molecular complexity index is 112. The molecular formula is C7H14NO2+. The summed E-state index contributed by atoms with van der Waals surface area (Å²) in [7, 11) is 0. The lowest BCUT2D eigenvalue weighted by atomic mass is 10.6. The molecule has 0 heterocycles. The van der Waals surface area contributed by atoms with Gasteiger partial charge in [-0.3, -0.25) is 0 Å². The van der Waals surface area contributed by atoms with Crippen LogP contribution in [-0.4, -0.2) is 25.7 Å². The number of esters is 1. The molecule has 0 aromatic rings. The van der Waals surface area contributed by atoms with E-state index in [0.717, 1.165) is 6.54 Å². The Kier molecular flexibility index (Phi) is 5.77. The van der Waals surface area contributed by atoms with Gasteiger partial charge in [0.15, 0.2) is 6.54 Å². The number of nitrogens with two attached hydrogens (primary N) is 1. The molecule has 58 valence electrons. The molecule has 0 saturated heterocycles. The SMILES string of the molecule is C=CCOC(=O)C[NH2+]CC. The van der Waals surface area contributed by atoms with Crippen LogP contribution < -0.4 is 5.32 Å². The highest BCUT2D eigenvalue weighted by atomic mass is 16.5. The van der Waals surface area contributed by atoms with Crippen molar-refractivity contribution in [2.24, 2.45) is 0 Å². The van der Waals surface area contributed by atoms with Gasteiger partial charge in [-0.1, -0.05) is 12.7 Å². The molecular weight excluding hydrogens is 130 g/mol. The third kappa shape index (κ3) is 5.31. The second-order valence-electron chi connectivity index (χ2n) is 1.87. The second-order valence-corrected chi connectivity index (χ2v) is 1.87. The van der Waals surface area contributed by atoms with Crippen LogP contribution in [0.15, 0.2) is 12.7 Å². The molecule has 0 saturated carbocycles. The summed E-state index contributed by atoms with van der Waals surface area (Å²) in [6.07, 6.45) is 1.56. The Morgan fingerprint density at radius 1 is 1.80 bits per heavy atom. The van der Waals surface area contributed by atoms with E-state index in [1.807, 2.05) is 12.2 Å². The summed E-state index contributed by atoms with van der Waals surface area (Å²) >= 11 is 0. The zero-order chi connectivity index (χ0) is 7.82. The van der Waals surface area contributed by atoms with Gasteiger partial charge in [-0.05, 0) is 6.92 Å². The first-order chi connectivity index (χ1) is 4.81. The first-order valence-corrected chi connectivity index (χ1v) is 3.39. The van der Waals surface area contributed by atoms with E-state index in [2.05, 4.69) is 6.58 Å². The molecule has 3 heteroatoms. The fraction of sp³-hybridized carbons (Fsp3) is 0.571. The molecule has 2 N–H and O–H groups in total. The lowest BCUT2D eigenvalue weighted by Gasteiger charge is -1.98. The van der Waals surface area contributed by atoms with E-state index >= 15 is 0 Å². The highest BCUT2D eigenvalue weighted by molar-refractivity contribution is 5.70. The quantitative estimate of drug-likeness (QED) is 0.409. The van der Waals surface area contributed by atoms with E-state index in [9.17, 15) is 4.79 Å². The highest BCUT2D eigenvalue weighted by Gasteiger charge is 2.00. The maximum absolute atomic E-state index is 10.7. The van der Waals surface area contributed by atoms with Crippen LogP contribution in [0.2, 0.25) is 0 Å². The van der Waals surface area contributed by atoms with Gasteiger partial charge in [0.2, 0.25) is 0 Å². The number of rotatable bonds is 5. The first-order valence-electron chi connectivity index (χ1n) is 3.39. The van der Waals surface area contributed by atoms with E-state index in [1.54, 1.807) is 6.08 Å². The van der Waals surface area contributed by atoms with Gasteiger partial charge in [0.05, 0.1) is 6.54 Å². The Morgan fingerprint density at radius 2 is 2.50 bits per heavy atom. The monoisotopic (exact) mass is 144 g/mol. The molecule has 0 amide bonds. The zero-order valence-electron chi connectivity index (χ0n) is 6.30. The van der Waals surface area contributed by atoms with Crippen LogP contribution in [-0.2, 0) is 9.53 Å². The minimum Gasteiger partial charge on any atom is -0.457 e. The molecule has 0 unspecified atom stereocenters. The van der Waals surface area contributed by atoms with E-state index in [-0.39, 0.29) is 5.97 Å². The number of quaternary nitrogens is 1. The van der Waals surface area contributed by atoms with Crippen molar-refractivity contribution < 1.29 is 14.8 Å². The van der Waals surface area contributed by atoms with Crippen molar-refractivity contribution in [1.82, 2.24) is 0 Å². The van der Waals surface area contributed by atoms with Crippen LogP contribution in [0.25, 0.3) is 0 Å². The molecule has 0 bridgehead atoms. The van der Waals surface area contributed by atoms with Crippen molar-refractivity contribution in [3.8, 4) is 0 Å². The van der Waals surface area contributed by atoms with Crippen LogP contribution in [0.4, 0.5) is 0 Å². The largest absolute Gasteiger partial charge is 0.457 e. The van der Waals surface area contributed by atoms with E-state index in [1.165, 1.54) is 0 Å². The van der Waals surface area contributed by atoms with Gasteiger partial charge < -0.3 is 10.1 Å². The number of carbonyl (C=O) groups excluding carboxylic acids is 1. The standard InChI is InChI=1S/C7H13NO2/c1-3-5-10-7(9)6-8-4-2/h3,8H,1,4-6H2,2H3/p+1. The number of hydrogen-bond donors (Lipinski definition) is 1. The molecule has 10 heavy (non-hydrogen) atoms. The normalized spacial score (nSPS) is 8.90. The van der Waals surface area contributed by atoms with Crippen molar-refractivity contribution in [2.45, 2.75) is 6.92 Å². The van der Waals surface area contributed by atoms with Crippen LogP contribution in [0.3, 0.4) is 0 Å². The Morgan fingerprint density at radius 3 is 3.00 bits per heavy atom. The van der Waals surface area contributed by atoms with Crippen molar-refractivity contribution in [3.05, 3.63) is 12.7 Å². The number of ether oxygens (including phenoxy) is 1. The maximum atomic E-state index is 10.7. The fourth-order valence-electron chi connectivity index (χ4n) is 0.473. The molecule has 0 aliphatic heterocycles. The van der Waals surface area contributed by atoms with Crippen molar-refractivity contribution in [1.29, 1.82) is 0 Å². The molecule has 0 aromatic heterocycles. The third-order valence-electron chi connectivity index (χ3n) is 0.962. The van der Waals surface area contributed by atoms with Gasteiger partial charge >= 0.3 is 5.97 Å². The minimum absolute atomic E-state index is 0.179. The lowest BCUT2D eigenvalue weighted by Crippen LogP contribution is -2.85. The van der Waals surface area contributed by atoms with Gasteiger partial charge in [0.25, 0.3) is 0 Å². The Balaban J connectivity index is 3.16. The second kappa shape index (κ2) is 6.29.